The molecular formula is C6H12O2S2. The number of thiol groups is 2. The maximum atomic E-state index is 10.7. The molecule has 0 bridgehead atoms. The van der Waals surface area contributed by atoms with Crippen LogP contribution >= 0.6 is 25.3 Å². The van der Waals surface area contributed by atoms with Gasteiger partial charge >= 0.3 is 5.97 Å². The van der Waals surface area contributed by atoms with E-state index in [4.69, 9.17) is 0 Å². The molecule has 0 aliphatic rings. The van der Waals surface area contributed by atoms with Gasteiger partial charge < -0.3 is 4.74 Å². The van der Waals surface area contributed by atoms with E-state index in [1.165, 1.54) is 0 Å². The molecule has 2 nitrogen and oxygen atoms in total. The Morgan fingerprint density at radius 3 is 2.60 bits per heavy atom. The van der Waals surface area contributed by atoms with E-state index < -0.39 is 0 Å². The molecule has 0 aliphatic heterocycles. The first-order valence-electron chi connectivity index (χ1n) is 3.18. The monoisotopic (exact) mass is 180 g/mol. The molecule has 0 rings (SSSR count). The van der Waals surface area contributed by atoms with Crippen molar-refractivity contribution >= 4 is 31.2 Å². The molecule has 0 saturated carbocycles. The van der Waals surface area contributed by atoms with Crippen molar-refractivity contribution in [3.8, 4) is 0 Å². The summed E-state index contributed by atoms with van der Waals surface area (Å²) >= 11 is 7.99. The predicted octanol–water partition coefficient (Wildman–Crippen LogP) is 1.52. The summed E-state index contributed by atoms with van der Waals surface area (Å²) in [4.78, 5) is 10.7. The third-order valence-electron chi connectivity index (χ3n) is 0.912. The number of hydrogen-bond acceptors (Lipinski definition) is 4. The van der Waals surface area contributed by atoms with Crippen LogP contribution in [-0.2, 0) is 9.53 Å². The maximum Gasteiger partial charge on any atom is 0.305 e. The lowest BCUT2D eigenvalue weighted by molar-refractivity contribution is -0.143. The Kier molecular flexibility index (Phi) is 6.02. The van der Waals surface area contributed by atoms with E-state index in [2.05, 4.69) is 30.0 Å². The molecular weight excluding hydrogens is 168 g/mol. The highest BCUT2D eigenvalue weighted by molar-refractivity contribution is 7.99. The van der Waals surface area contributed by atoms with Gasteiger partial charge in [0.25, 0.3) is 0 Å². The summed E-state index contributed by atoms with van der Waals surface area (Å²) in [5.74, 6) is -0.171. The highest BCUT2D eigenvalue weighted by atomic mass is 32.2. The zero-order chi connectivity index (χ0) is 7.98. The average Bonchev–Trinajstić information content (AvgIpc) is 1.85. The van der Waals surface area contributed by atoms with Crippen LogP contribution < -0.4 is 0 Å². The largest absolute Gasteiger partial charge is 0.466 e. The zero-order valence-corrected chi connectivity index (χ0v) is 7.70. The lowest BCUT2D eigenvalue weighted by atomic mass is 10.3. The molecule has 0 radical (unpaired) electrons. The van der Waals surface area contributed by atoms with Crippen LogP contribution in [-0.4, -0.2) is 17.2 Å². The fraction of sp³-hybridized carbons (Fsp3) is 0.833. The van der Waals surface area contributed by atoms with Gasteiger partial charge in [-0.1, -0.05) is 0 Å². The Morgan fingerprint density at radius 2 is 2.20 bits per heavy atom. The van der Waals surface area contributed by atoms with Crippen LogP contribution in [0.1, 0.15) is 19.8 Å². The highest BCUT2D eigenvalue weighted by Crippen LogP contribution is 2.08. The van der Waals surface area contributed by atoms with Crippen LogP contribution in [0.15, 0.2) is 0 Å². The summed E-state index contributed by atoms with van der Waals surface area (Å²) < 4.78 is 4.66. The number of hydrogen-bond donors (Lipinski definition) is 2. The van der Waals surface area contributed by atoms with Crippen molar-refractivity contribution in [2.45, 2.75) is 24.3 Å². The van der Waals surface area contributed by atoms with E-state index >= 15 is 0 Å². The van der Waals surface area contributed by atoms with Gasteiger partial charge in [-0.15, -0.1) is 0 Å². The molecule has 0 saturated heterocycles. The normalized spacial score (nSPS) is 10.0. The van der Waals surface area contributed by atoms with Gasteiger partial charge in [0.05, 0.1) is 6.61 Å². The first kappa shape index (κ1) is 10.2. The number of ether oxygens (including phenoxy) is 1. The molecule has 0 fully saturated rings. The molecule has 0 aromatic carbocycles. The molecule has 10 heavy (non-hydrogen) atoms. The van der Waals surface area contributed by atoms with Gasteiger partial charge in [0.15, 0.2) is 0 Å². The number of carbonyl (C=O) groups excluding carboxylic acids is 1. The van der Waals surface area contributed by atoms with Crippen LogP contribution in [0.2, 0.25) is 0 Å². The van der Waals surface area contributed by atoms with E-state index in [0.717, 1.165) is 0 Å². The van der Waals surface area contributed by atoms with Gasteiger partial charge in [-0.05, 0) is 13.3 Å². The van der Waals surface area contributed by atoms with Crippen molar-refractivity contribution in [2.24, 2.45) is 0 Å². The molecule has 0 amide bonds. The highest BCUT2D eigenvalue weighted by Gasteiger charge is 2.03. The summed E-state index contributed by atoms with van der Waals surface area (Å²) in [5, 5.41) is 0. The fourth-order valence-corrected chi connectivity index (χ4v) is 0.738. The Morgan fingerprint density at radius 1 is 1.60 bits per heavy atom. The summed E-state index contributed by atoms with van der Waals surface area (Å²) in [6.45, 7) is 2.24. The Hall–Kier alpha value is 0.170. The molecule has 0 atom stereocenters. The number of rotatable bonds is 4. The van der Waals surface area contributed by atoms with Crippen molar-refractivity contribution in [1.82, 2.24) is 0 Å². The van der Waals surface area contributed by atoms with Crippen molar-refractivity contribution in [3.05, 3.63) is 0 Å². The Balaban J connectivity index is 3.22. The van der Waals surface area contributed by atoms with Crippen LogP contribution in [0.3, 0.4) is 0 Å². The molecule has 0 aromatic heterocycles. The lowest BCUT2D eigenvalue weighted by Gasteiger charge is -2.02. The van der Waals surface area contributed by atoms with E-state index in [-0.39, 0.29) is 10.6 Å². The van der Waals surface area contributed by atoms with E-state index in [1.807, 2.05) is 0 Å². The smallest absolute Gasteiger partial charge is 0.305 e. The Labute approximate surface area is 72.1 Å². The number of carbonyl (C=O) groups is 1. The predicted molar refractivity (Wildman–Crippen MR) is 47.6 cm³/mol. The van der Waals surface area contributed by atoms with Gasteiger partial charge in [-0.3, -0.25) is 4.79 Å². The maximum absolute atomic E-state index is 10.7. The lowest BCUT2D eigenvalue weighted by Crippen LogP contribution is -2.05. The summed E-state index contributed by atoms with van der Waals surface area (Å²) in [6, 6.07) is 0. The van der Waals surface area contributed by atoms with Gasteiger partial charge in [0.1, 0.15) is 0 Å². The first-order chi connectivity index (χ1) is 4.66. The van der Waals surface area contributed by atoms with Gasteiger partial charge in [0, 0.05) is 11.0 Å². The fourth-order valence-electron chi connectivity index (χ4n) is 0.480. The number of esters is 1. The van der Waals surface area contributed by atoms with Crippen LogP contribution in [0, 0.1) is 0 Å². The van der Waals surface area contributed by atoms with Crippen molar-refractivity contribution in [3.63, 3.8) is 0 Å². The second-order valence-electron chi connectivity index (χ2n) is 1.82. The molecule has 0 spiro atoms. The Bertz CT molecular complexity index is 104. The van der Waals surface area contributed by atoms with Gasteiger partial charge in [-0.2, -0.15) is 25.3 Å². The minimum absolute atomic E-state index is 0.0237. The molecule has 0 aromatic rings. The zero-order valence-electron chi connectivity index (χ0n) is 5.91. The second-order valence-corrected chi connectivity index (χ2v) is 3.48. The van der Waals surface area contributed by atoms with Crippen molar-refractivity contribution in [2.75, 3.05) is 6.61 Å². The van der Waals surface area contributed by atoms with Crippen molar-refractivity contribution < 1.29 is 9.53 Å². The quantitative estimate of drug-likeness (QED) is 0.390. The minimum Gasteiger partial charge on any atom is -0.466 e. The van der Waals surface area contributed by atoms with Crippen LogP contribution in [0.5, 0.6) is 0 Å². The summed E-state index contributed by atoms with van der Waals surface area (Å²) in [7, 11) is 0. The topological polar surface area (TPSA) is 26.3 Å². The van der Waals surface area contributed by atoms with Gasteiger partial charge in [-0.25, -0.2) is 0 Å². The molecule has 0 N–H and O–H groups in total. The van der Waals surface area contributed by atoms with Crippen molar-refractivity contribution in [1.29, 1.82) is 0 Å². The molecule has 0 unspecified atom stereocenters. The second kappa shape index (κ2) is 5.92. The van der Waals surface area contributed by atoms with E-state index in [1.54, 1.807) is 6.92 Å². The third-order valence-corrected chi connectivity index (χ3v) is 1.43. The molecule has 60 valence electrons. The molecule has 4 heteroatoms. The minimum atomic E-state index is -0.171. The standard InChI is InChI=1S/C6H12O2S2/c1-2-8-5(7)3-4-6(9)10/h6,9-10H,2-4H2,1H3. The van der Waals surface area contributed by atoms with E-state index in [0.29, 0.717) is 19.4 Å². The first-order valence-corrected chi connectivity index (χ1v) is 4.22. The summed E-state index contributed by atoms with van der Waals surface area (Å²) in [6.07, 6.45) is 1.07. The van der Waals surface area contributed by atoms with Crippen LogP contribution in [0.25, 0.3) is 0 Å². The van der Waals surface area contributed by atoms with Gasteiger partial charge in [0.2, 0.25) is 0 Å². The van der Waals surface area contributed by atoms with E-state index in [9.17, 15) is 4.79 Å². The molecule has 0 aliphatic carbocycles. The van der Waals surface area contributed by atoms with Crippen LogP contribution in [0.4, 0.5) is 0 Å². The summed E-state index contributed by atoms with van der Waals surface area (Å²) in [5.41, 5.74) is 0. The molecule has 0 heterocycles. The average molecular weight is 180 g/mol. The SMILES string of the molecule is CCOC(=O)CCC(S)S. The third kappa shape index (κ3) is 6.29.